The van der Waals surface area contributed by atoms with Gasteiger partial charge in [0, 0.05) is 6.20 Å². The number of nitrogens with one attached hydrogen (secondary N) is 2. The Kier molecular flexibility index (Phi) is 4.34. The monoisotopic (exact) mass is 303 g/mol. The van der Waals surface area contributed by atoms with Crippen LogP contribution >= 0.6 is 0 Å². The van der Waals surface area contributed by atoms with Crippen LogP contribution in [0.5, 0.6) is 0 Å². The first kappa shape index (κ1) is 14.8. The number of aromatic nitrogens is 1. The van der Waals surface area contributed by atoms with Gasteiger partial charge in [-0.05, 0) is 30.5 Å². The van der Waals surface area contributed by atoms with E-state index >= 15 is 0 Å². The number of nitrogens with zero attached hydrogens (tertiary/aromatic N) is 3. The van der Waals surface area contributed by atoms with Crippen molar-refractivity contribution in [3.05, 3.63) is 72.6 Å². The Bertz CT molecular complexity index is 736. The van der Waals surface area contributed by atoms with Gasteiger partial charge in [0.2, 0.25) is 5.96 Å². The Balaban J connectivity index is 1.94. The quantitative estimate of drug-likeness (QED) is 0.300. The molecule has 1 aromatic carbocycles. The number of hydrogen-bond donors (Lipinski definition) is 2. The number of guanidine groups is 1. The van der Waals surface area contributed by atoms with Crippen LogP contribution in [0.2, 0.25) is 0 Å². The largest absolute Gasteiger partial charge is 0.324 e. The normalized spacial score (nSPS) is 15.9. The summed E-state index contributed by atoms with van der Waals surface area (Å²) in [6.45, 7) is 0. The van der Waals surface area contributed by atoms with Crippen molar-refractivity contribution in [1.82, 2.24) is 10.3 Å². The van der Waals surface area contributed by atoms with E-state index in [2.05, 4.69) is 39.9 Å². The van der Waals surface area contributed by atoms with Crippen molar-refractivity contribution in [2.75, 3.05) is 5.32 Å². The van der Waals surface area contributed by atoms with Gasteiger partial charge < -0.3 is 5.32 Å². The second-order valence-corrected chi connectivity index (χ2v) is 5.34. The Morgan fingerprint density at radius 1 is 1.13 bits per heavy atom. The van der Waals surface area contributed by atoms with Crippen LogP contribution in [0.1, 0.15) is 18.4 Å². The molecule has 0 saturated carbocycles. The van der Waals surface area contributed by atoms with Crippen LogP contribution in [0.4, 0.5) is 5.69 Å². The number of rotatable bonds is 3. The van der Waals surface area contributed by atoms with Gasteiger partial charge in [0.25, 0.3) is 0 Å². The third-order valence-corrected chi connectivity index (χ3v) is 3.81. The Hall–Kier alpha value is -3.13. The third kappa shape index (κ3) is 3.38. The molecule has 0 aliphatic heterocycles. The summed E-state index contributed by atoms with van der Waals surface area (Å²) in [6.07, 6.45) is 11.2. The maximum atomic E-state index is 9.03. The van der Waals surface area contributed by atoms with Gasteiger partial charge in [-0.25, -0.2) is 4.99 Å². The molecule has 0 radical (unpaired) electrons. The molecule has 1 aromatic heterocycles. The lowest BCUT2D eigenvalue weighted by molar-refractivity contribution is 0.483. The van der Waals surface area contributed by atoms with Crippen LogP contribution in [0.25, 0.3) is 0 Å². The number of aliphatic imine (C=N–C) groups is 1. The predicted molar refractivity (Wildman–Crippen MR) is 90.5 cm³/mol. The lowest BCUT2D eigenvalue weighted by atomic mass is 9.88. The Morgan fingerprint density at radius 2 is 1.91 bits per heavy atom. The highest BCUT2D eigenvalue weighted by Gasteiger charge is 2.33. The van der Waals surface area contributed by atoms with Crippen molar-refractivity contribution in [3.63, 3.8) is 0 Å². The van der Waals surface area contributed by atoms with E-state index in [-0.39, 0.29) is 5.54 Å². The molecule has 0 fully saturated rings. The first-order valence-electron chi connectivity index (χ1n) is 7.45. The fourth-order valence-corrected chi connectivity index (χ4v) is 2.71. The molecule has 1 aliphatic carbocycles. The van der Waals surface area contributed by atoms with Crippen LogP contribution < -0.4 is 10.6 Å². The standard InChI is InChI=1S/C18H17N5/c19-14-21-17(22-16-9-6-12-20-13-16)23-18(10-4-5-11-18)15-7-2-1-3-8-15/h1-9,12-13H,10-11H2,(H2,21,22,23). The summed E-state index contributed by atoms with van der Waals surface area (Å²) >= 11 is 0. The van der Waals surface area contributed by atoms with Gasteiger partial charge in [0.05, 0.1) is 17.4 Å². The molecule has 0 bridgehead atoms. The molecule has 1 aliphatic rings. The molecule has 2 N–H and O–H groups in total. The first-order chi connectivity index (χ1) is 11.3. The van der Waals surface area contributed by atoms with Crippen molar-refractivity contribution >= 4 is 11.6 Å². The molecule has 3 rings (SSSR count). The molecule has 114 valence electrons. The maximum Gasteiger partial charge on any atom is 0.210 e. The highest BCUT2D eigenvalue weighted by Crippen LogP contribution is 2.38. The fraction of sp³-hybridized carbons (Fsp3) is 0.167. The second-order valence-electron chi connectivity index (χ2n) is 5.34. The second kappa shape index (κ2) is 6.75. The van der Waals surface area contributed by atoms with E-state index in [0.29, 0.717) is 5.96 Å². The highest BCUT2D eigenvalue weighted by molar-refractivity contribution is 5.94. The summed E-state index contributed by atoms with van der Waals surface area (Å²) in [7, 11) is 0. The summed E-state index contributed by atoms with van der Waals surface area (Å²) in [4.78, 5) is 8.91. The number of anilines is 1. The summed E-state index contributed by atoms with van der Waals surface area (Å²) in [5.74, 6) is 0.424. The molecule has 0 amide bonds. The number of pyridine rings is 1. The van der Waals surface area contributed by atoms with E-state index in [1.54, 1.807) is 12.4 Å². The summed E-state index contributed by atoms with van der Waals surface area (Å²) in [6, 6.07) is 13.9. The molecule has 0 atom stereocenters. The predicted octanol–water partition coefficient (Wildman–Crippen LogP) is 3.17. The van der Waals surface area contributed by atoms with Crippen LogP contribution in [0, 0.1) is 11.5 Å². The minimum Gasteiger partial charge on any atom is -0.324 e. The van der Waals surface area contributed by atoms with Crippen molar-refractivity contribution < 1.29 is 0 Å². The van der Waals surface area contributed by atoms with Gasteiger partial charge in [0.15, 0.2) is 6.19 Å². The van der Waals surface area contributed by atoms with Gasteiger partial charge in [-0.2, -0.15) is 5.26 Å². The summed E-state index contributed by atoms with van der Waals surface area (Å²) in [5, 5.41) is 14.8. The Morgan fingerprint density at radius 3 is 2.57 bits per heavy atom. The summed E-state index contributed by atoms with van der Waals surface area (Å²) in [5.41, 5.74) is 1.54. The average molecular weight is 303 g/mol. The van der Waals surface area contributed by atoms with E-state index in [0.717, 1.165) is 24.1 Å². The van der Waals surface area contributed by atoms with Gasteiger partial charge in [-0.3, -0.25) is 10.3 Å². The zero-order chi connectivity index (χ0) is 16.0. The maximum absolute atomic E-state index is 9.03. The lowest BCUT2D eigenvalue weighted by Gasteiger charge is -2.26. The first-order valence-corrected chi connectivity index (χ1v) is 7.45. The zero-order valence-electron chi connectivity index (χ0n) is 12.6. The molecule has 5 heteroatoms. The SMILES string of the molecule is N#CNC(=NC1(c2ccccc2)CC=CC1)Nc1cccnc1. The topological polar surface area (TPSA) is 73.1 Å². The molecule has 0 unspecified atom stereocenters. The molecule has 23 heavy (non-hydrogen) atoms. The molecule has 5 nitrogen and oxygen atoms in total. The van der Waals surface area contributed by atoms with E-state index in [1.165, 1.54) is 0 Å². The highest BCUT2D eigenvalue weighted by atomic mass is 15.2. The van der Waals surface area contributed by atoms with Gasteiger partial charge >= 0.3 is 0 Å². The van der Waals surface area contributed by atoms with E-state index in [9.17, 15) is 0 Å². The van der Waals surface area contributed by atoms with Crippen molar-refractivity contribution in [2.45, 2.75) is 18.4 Å². The fourth-order valence-electron chi connectivity index (χ4n) is 2.71. The van der Waals surface area contributed by atoms with E-state index in [1.807, 2.05) is 36.5 Å². The van der Waals surface area contributed by atoms with Gasteiger partial charge in [-0.15, -0.1) is 0 Å². The average Bonchev–Trinajstić information content (AvgIpc) is 3.07. The van der Waals surface area contributed by atoms with E-state index in [4.69, 9.17) is 10.3 Å². The van der Waals surface area contributed by atoms with Crippen LogP contribution in [-0.4, -0.2) is 10.9 Å². The molecular formula is C18H17N5. The number of benzene rings is 1. The number of hydrogen-bond acceptors (Lipinski definition) is 3. The molecule has 0 saturated heterocycles. The summed E-state index contributed by atoms with van der Waals surface area (Å²) < 4.78 is 0. The smallest absolute Gasteiger partial charge is 0.210 e. The van der Waals surface area contributed by atoms with E-state index < -0.39 is 0 Å². The van der Waals surface area contributed by atoms with Crippen molar-refractivity contribution in [2.24, 2.45) is 4.99 Å². The lowest BCUT2D eigenvalue weighted by Crippen LogP contribution is -2.32. The molecule has 2 aromatic rings. The van der Waals surface area contributed by atoms with Crippen LogP contribution in [0.3, 0.4) is 0 Å². The molecule has 0 spiro atoms. The number of nitriles is 1. The van der Waals surface area contributed by atoms with Crippen molar-refractivity contribution in [1.29, 1.82) is 5.26 Å². The van der Waals surface area contributed by atoms with Crippen molar-refractivity contribution in [3.8, 4) is 6.19 Å². The van der Waals surface area contributed by atoms with Crippen LogP contribution in [-0.2, 0) is 5.54 Å². The zero-order valence-corrected chi connectivity index (χ0v) is 12.6. The molecule has 1 heterocycles. The third-order valence-electron chi connectivity index (χ3n) is 3.81. The van der Waals surface area contributed by atoms with Crippen LogP contribution in [0.15, 0.2) is 72.0 Å². The minimum atomic E-state index is -0.379. The minimum absolute atomic E-state index is 0.379. The molecular weight excluding hydrogens is 286 g/mol. The van der Waals surface area contributed by atoms with Gasteiger partial charge in [-0.1, -0.05) is 42.5 Å². The Labute approximate surface area is 135 Å². The van der Waals surface area contributed by atoms with Gasteiger partial charge in [0.1, 0.15) is 0 Å².